The van der Waals surface area contributed by atoms with E-state index in [-0.39, 0.29) is 11.8 Å². The highest BCUT2D eigenvalue weighted by molar-refractivity contribution is 6.03. The average Bonchev–Trinajstić information content (AvgIpc) is 3.03. The maximum absolute atomic E-state index is 12.8. The summed E-state index contributed by atoms with van der Waals surface area (Å²) in [6, 6.07) is 5.78. The molecule has 2 N–H and O–H groups in total. The molecule has 26 heavy (non-hydrogen) atoms. The molecule has 1 aromatic carbocycles. The third kappa shape index (κ3) is 3.54. The van der Waals surface area contributed by atoms with Crippen LogP contribution in [0.5, 0.6) is 0 Å². The number of hydrogen-bond donors (Lipinski definition) is 2. The van der Waals surface area contributed by atoms with E-state index in [4.69, 9.17) is 0 Å². The van der Waals surface area contributed by atoms with Gasteiger partial charge in [-0.15, -0.1) is 6.58 Å². The van der Waals surface area contributed by atoms with E-state index in [1.165, 1.54) is 5.56 Å². The molecular formula is C20H24N4O2. The fourth-order valence-electron chi connectivity index (χ4n) is 3.15. The normalized spacial score (nSPS) is 13.0. The zero-order valence-electron chi connectivity index (χ0n) is 15.3. The van der Waals surface area contributed by atoms with Gasteiger partial charge in [0.25, 0.3) is 11.8 Å². The molecule has 0 saturated carbocycles. The van der Waals surface area contributed by atoms with Crippen molar-refractivity contribution in [2.75, 3.05) is 11.9 Å². The maximum Gasteiger partial charge on any atom is 0.291 e. The summed E-state index contributed by atoms with van der Waals surface area (Å²) >= 11 is 0. The van der Waals surface area contributed by atoms with E-state index in [0.717, 1.165) is 36.2 Å². The number of fused-ring (bicyclic) bond motifs is 1. The van der Waals surface area contributed by atoms with Crippen LogP contribution >= 0.6 is 0 Å². The molecule has 0 saturated heterocycles. The number of rotatable bonds is 5. The number of carbonyl (C=O) groups is 2. The van der Waals surface area contributed by atoms with Crippen molar-refractivity contribution in [1.82, 2.24) is 14.9 Å². The first kappa shape index (κ1) is 17.9. The summed E-state index contributed by atoms with van der Waals surface area (Å²) in [5.74, 6) is -0.262. The molecule has 0 fully saturated rings. The topological polar surface area (TPSA) is 76.0 Å². The van der Waals surface area contributed by atoms with Crippen molar-refractivity contribution in [3.63, 3.8) is 0 Å². The quantitative estimate of drug-likeness (QED) is 0.812. The van der Waals surface area contributed by atoms with Crippen LogP contribution in [0.25, 0.3) is 0 Å². The van der Waals surface area contributed by atoms with Gasteiger partial charge in [0.05, 0.1) is 5.69 Å². The molecule has 2 heterocycles. The van der Waals surface area contributed by atoms with Gasteiger partial charge in [0.1, 0.15) is 5.69 Å². The lowest BCUT2D eigenvalue weighted by Crippen LogP contribution is -2.25. The van der Waals surface area contributed by atoms with Gasteiger partial charge in [-0.05, 0) is 56.4 Å². The lowest BCUT2D eigenvalue weighted by Gasteiger charge is -2.17. The van der Waals surface area contributed by atoms with Gasteiger partial charge in [-0.25, -0.2) is 4.98 Å². The summed E-state index contributed by atoms with van der Waals surface area (Å²) in [6.45, 7) is 8.71. The van der Waals surface area contributed by atoms with E-state index in [2.05, 4.69) is 22.2 Å². The first-order valence-electron chi connectivity index (χ1n) is 8.88. The van der Waals surface area contributed by atoms with Crippen LogP contribution in [0.15, 0.2) is 30.9 Å². The molecule has 3 rings (SSSR count). The van der Waals surface area contributed by atoms with Crippen molar-refractivity contribution in [3.05, 3.63) is 59.2 Å². The van der Waals surface area contributed by atoms with E-state index >= 15 is 0 Å². The number of aromatic nitrogens is 2. The molecule has 0 bridgehead atoms. The number of carbonyl (C=O) groups excluding carboxylic acids is 2. The van der Waals surface area contributed by atoms with Crippen LogP contribution in [-0.4, -0.2) is 27.9 Å². The number of hydrogen-bond acceptors (Lipinski definition) is 3. The van der Waals surface area contributed by atoms with Crippen LogP contribution in [0.4, 0.5) is 5.69 Å². The minimum Gasteiger partial charge on any atom is -0.347 e. The van der Waals surface area contributed by atoms with Gasteiger partial charge in [0.15, 0.2) is 5.82 Å². The number of nitrogens with one attached hydrogen (secondary N) is 2. The summed E-state index contributed by atoms with van der Waals surface area (Å²) in [5, 5.41) is 5.65. The Hall–Kier alpha value is -2.89. The summed E-state index contributed by atoms with van der Waals surface area (Å²) in [4.78, 5) is 29.6. The zero-order valence-corrected chi connectivity index (χ0v) is 15.3. The SMILES string of the molecule is C=CCNC(=O)c1nc(C(=O)Nc2ccc(C)c(C)c2)n2c1CCCC2. The van der Waals surface area contributed by atoms with Crippen molar-refractivity contribution in [2.24, 2.45) is 0 Å². The number of amides is 2. The predicted octanol–water partition coefficient (Wildman–Crippen LogP) is 3.00. The van der Waals surface area contributed by atoms with Crippen LogP contribution in [0.3, 0.4) is 0 Å². The predicted molar refractivity (Wildman–Crippen MR) is 102 cm³/mol. The lowest BCUT2D eigenvalue weighted by molar-refractivity contribution is 0.0952. The fraction of sp³-hybridized carbons (Fsp3) is 0.350. The minimum absolute atomic E-state index is 0.263. The van der Waals surface area contributed by atoms with Crippen LogP contribution in [-0.2, 0) is 13.0 Å². The largest absolute Gasteiger partial charge is 0.347 e. The van der Waals surface area contributed by atoms with Gasteiger partial charge in [-0.3, -0.25) is 9.59 Å². The van der Waals surface area contributed by atoms with Crippen LogP contribution < -0.4 is 10.6 Å². The Morgan fingerprint density at radius 1 is 1.23 bits per heavy atom. The second-order valence-electron chi connectivity index (χ2n) is 6.59. The van der Waals surface area contributed by atoms with E-state index in [1.54, 1.807) is 6.08 Å². The maximum atomic E-state index is 12.8. The van der Waals surface area contributed by atoms with Gasteiger partial charge in [0, 0.05) is 18.8 Å². The highest BCUT2D eigenvalue weighted by Gasteiger charge is 2.27. The van der Waals surface area contributed by atoms with E-state index in [0.29, 0.717) is 24.6 Å². The second-order valence-corrected chi connectivity index (χ2v) is 6.59. The van der Waals surface area contributed by atoms with Gasteiger partial charge in [-0.1, -0.05) is 12.1 Å². The minimum atomic E-state index is -0.292. The number of anilines is 1. The zero-order chi connectivity index (χ0) is 18.7. The first-order valence-corrected chi connectivity index (χ1v) is 8.88. The van der Waals surface area contributed by atoms with Crippen molar-refractivity contribution in [2.45, 2.75) is 39.7 Å². The molecule has 1 aliphatic heterocycles. The Labute approximate surface area is 153 Å². The van der Waals surface area contributed by atoms with Crippen molar-refractivity contribution < 1.29 is 9.59 Å². The van der Waals surface area contributed by atoms with Crippen LogP contribution in [0.1, 0.15) is 50.8 Å². The Balaban J connectivity index is 1.89. The smallest absolute Gasteiger partial charge is 0.291 e. The first-order chi connectivity index (χ1) is 12.5. The van der Waals surface area contributed by atoms with E-state index in [9.17, 15) is 9.59 Å². The molecule has 1 aromatic heterocycles. The number of aryl methyl sites for hydroxylation is 2. The molecule has 0 radical (unpaired) electrons. The van der Waals surface area contributed by atoms with Gasteiger partial charge >= 0.3 is 0 Å². The average molecular weight is 352 g/mol. The van der Waals surface area contributed by atoms with Crippen molar-refractivity contribution >= 4 is 17.5 Å². The number of imidazole rings is 1. The Kier molecular flexibility index (Phi) is 5.21. The molecule has 0 atom stereocenters. The van der Waals surface area contributed by atoms with Gasteiger partial charge in [0.2, 0.25) is 0 Å². The second kappa shape index (κ2) is 7.56. The standard InChI is InChI=1S/C20H24N4O2/c1-4-10-21-19(25)17-16-7-5-6-11-24(16)18(23-17)20(26)22-15-9-8-13(2)14(3)12-15/h4,8-9,12H,1,5-7,10-11H2,2-3H3,(H,21,25)(H,22,26). The Bertz CT molecular complexity index is 867. The molecule has 2 aromatic rings. The van der Waals surface area contributed by atoms with Crippen molar-refractivity contribution in [1.29, 1.82) is 0 Å². The van der Waals surface area contributed by atoms with Gasteiger partial charge in [-0.2, -0.15) is 0 Å². The highest BCUT2D eigenvalue weighted by Crippen LogP contribution is 2.22. The van der Waals surface area contributed by atoms with Crippen LogP contribution in [0, 0.1) is 13.8 Å². The molecule has 6 nitrogen and oxygen atoms in total. The fourth-order valence-corrected chi connectivity index (χ4v) is 3.15. The highest BCUT2D eigenvalue weighted by atomic mass is 16.2. The molecule has 0 unspecified atom stereocenters. The molecule has 2 amide bonds. The molecule has 0 aliphatic carbocycles. The molecular weight excluding hydrogens is 328 g/mol. The Morgan fingerprint density at radius 3 is 2.77 bits per heavy atom. The molecule has 136 valence electrons. The van der Waals surface area contributed by atoms with E-state index in [1.807, 2.05) is 36.6 Å². The lowest BCUT2D eigenvalue weighted by atomic mass is 10.1. The summed E-state index contributed by atoms with van der Waals surface area (Å²) in [5.41, 5.74) is 4.18. The molecule has 6 heteroatoms. The van der Waals surface area contributed by atoms with E-state index < -0.39 is 0 Å². The third-order valence-corrected chi connectivity index (χ3v) is 4.71. The van der Waals surface area contributed by atoms with Crippen LogP contribution in [0.2, 0.25) is 0 Å². The monoisotopic (exact) mass is 352 g/mol. The van der Waals surface area contributed by atoms with Crippen molar-refractivity contribution in [3.8, 4) is 0 Å². The van der Waals surface area contributed by atoms with Gasteiger partial charge < -0.3 is 15.2 Å². The summed E-state index contributed by atoms with van der Waals surface area (Å²) in [7, 11) is 0. The number of benzene rings is 1. The number of nitrogens with zero attached hydrogens (tertiary/aromatic N) is 2. The summed E-state index contributed by atoms with van der Waals surface area (Å²) < 4.78 is 1.88. The third-order valence-electron chi connectivity index (χ3n) is 4.71. The molecule has 1 aliphatic rings. The molecule has 0 spiro atoms. The summed E-state index contributed by atoms with van der Waals surface area (Å²) in [6.07, 6.45) is 4.33. The Morgan fingerprint density at radius 2 is 2.04 bits per heavy atom.